The molecule has 0 saturated heterocycles. The van der Waals surface area contributed by atoms with E-state index in [1.54, 1.807) is 7.05 Å². The van der Waals surface area contributed by atoms with E-state index in [4.69, 9.17) is 5.73 Å². The quantitative estimate of drug-likeness (QED) is 0.672. The van der Waals surface area contributed by atoms with Crippen LogP contribution in [0.25, 0.3) is 0 Å². The zero-order valence-electron chi connectivity index (χ0n) is 11.8. The Hall–Kier alpha value is -2.22. The van der Waals surface area contributed by atoms with E-state index < -0.39 is 9.85 Å². The lowest BCUT2D eigenvalue weighted by Gasteiger charge is -2.34. The van der Waals surface area contributed by atoms with Gasteiger partial charge in [0.05, 0.1) is 15.9 Å². The van der Waals surface area contributed by atoms with Gasteiger partial charge in [0.2, 0.25) is 0 Å². The van der Waals surface area contributed by atoms with Crippen LogP contribution < -0.4 is 10.6 Å². The van der Waals surface area contributed by atoms with Gasteiger partial charge in [-0.3, -0.25) is 20.2 Å². The lowest BCUT2D eigenvalue weighted by atomic mass is 9.90. The number of hydrogen-bond donors (Lipinski definition) is 1. The van der Waals surface area contributed by atoms with Crippen molar-refractivity contribution in [1.29, 1.82) is 0 Å². The first-order chi connectivity index (χ1) is 9.90. The van der Waals surface area contributed by atoms with Gasteiger partial charge in [0.25, 0.3) is 11.4 Å². The van der Waals surface area contributed by atoms with E-state index in [-0.39, 0.29) is 23.5 Å². The van der Waals surface area contributed by atoms with Crippen LogP contribution in [-0.2, 0) is 0 Å². The highest BCUT2D eigenvalue weighted by Gasteiger charge is 2.28. The molecule has 0 spiro atoms. The molecule has 1 aliphatic rings. The lowest BCUT2D eigenvalue weighted by Crippen LogP contribution is -2.39. The first-order valence-corrected chi connectivity index (χ1v) is 6.81. The Morgan fingerprint density at radius 3 is 2.29 bits per heavy atom. The Bertz CT molecular complexity index is 555. The van der Waals surface area contributed by atoms with Crippen molar-refractivity contribution >= 4 is 17.1 Å². The Labute approximate surface area is 121 Å². The maximum atomic E-state index is 11.2. The molecule has 0 aromatic heterocycles. The molecular weight excluding hydrogens is 276 g/mol. The fraction of sp³-hybridized carbons (Fsp3) is 0.538. The maximum absolute atomic E-state index is 11.2. The third-order valence-corrected chi connectivity index (χ3v) is 4.04. The van der Waals surface area contributed by atoms with Crippen molar-refractivity contribution in [1.82, 2.24) is 0 Å². The summed E-state index contributed by atoms with van der Waals surface area (Å²) in [5, 5.41) is 21.9. The van der Waals surface area contributed by atoms with Crippen LogP contribution in [-0.4, -0.2) is 29.0 Å². The summed E-state index contributed by atoms with van der Waals surface area (Å²) in [7, 11) is 1.79. The number of anilines is 1. The molecule has 8 heteroatoms. The Kier molecular flexibility index (Phi) is 4.37. The second-order valence-corrected chi connectivity index (χ2v) is 5.37. The minimum atomic E-state index is -0.629. The predicted octanol–water partition coefficient (Wildman–Crippen LogP) is 2.21. The van der Waals surface area contributed by atoms with Crippen molar-refractivity contribution < 1.29 is 9.85 Å². The van der Waals surface area contributed by atoms with Crippen LogP contribution >= 0.6 is 0 Å². The summed E-state index contributed by atoms with van der Waals surface area (Å²) >= 11 is 0. The van der Waals surface area contributed by atoms with E-state index in [1.807, 2.05) is 4.90 Å². The SMILES string of the molecule is CN(c1ccc([N+](=O)[O-])cc1[N+](=O)[O-])C1CCC(N)CC1. The van der Waals surface area contributed by atoms with Crippen LogP contribution in [0.1, 0.15) is 25.7 Å². The molecule has 0 bridgehead atoms. The molecule has 0 amide bonds. The molecule has 0 aliphatic heterocycles. The molecule has 0 unspecified atom stereocenters. The molecule has 2 rings (SSSR count). The first-order valence-electron chi connectivity index (χ1n) is 6.81. The largest absolute Gasteiger partial charge is 0.366 e. The number of non-ortho nitro benzene ring substituents is 1. The molecule has 1 aliphatic carbocycles. The van der Waals surface area contributed by atoms with Crippen LogP contribution in [0.5, 0.6) is 0 Å². The monoisotopic (exact) mass is 294 g/mol. The number of nitro benzene ring substituents is 2. The van der Waals surface area contributed by atoms with Gasteiger partial charge in [0.1, 0.15) is 5.69 Å². The Morgan fingerprint density at radius 2 is 1.76 bits per heavy atom. The number of nitrogens with two attached hydrogens (primary N) is 1. The van der Waals surface area contributed by atoms with E-state index in [9.17, 15) is 20.2 Å². The van der Waals surface area contributed by atoms with Gasteiger partial charge in [-0.2, -0.15) is 0 Å². The number of hydrogen-bond acceptors (Lipinski definition) is 6. The van der Waals surface area contributed by atoms with Gasteiger partial charge < -0.3 is 10.6 Å². The zero-order valence-corrected chi connectivity index (χ0v) is 11.8. The summed E-state index contributed by atoms with van der Waals surface area (Å²) in [4.78, 5) is 22.6. The van der Waals surface area contributed by atoms with Gasteiger partial charge in [-0.1, -0.05) is 0 Å². The van der Waals surface area contributed by atoms with Crippen LogP contribution in [0, 0.1) is 20.2 Å². The third kappa shape index (κ3) is 3.27. The third-order valence-electron chi connectivity index (χ3n) is 4.04. The summed E-state index contributed by atoms with van der Waals surface area (Å²) in [6.45, 7) is 0. The Balaban J connectivity index is 2.29. The van der Waals surface area contributed by atoms with E-state index in [0.29, 0.717) is 5.69 Å². The maximum Gasteiger partial charge on any atom is 0.299 e. The molecule has 21 heavy (non-hydrogen) atoms. The van der Waals surface area contributed by atoms with Gasteiger partial charge >= 0.3 is 0 Å². The second-order valence-electron chi connectivity index (χ2n) is 5.37. The summed E-state index contributed by atoms with van der Waals surface area (Å²) in [6, 6.07) is 4.13. The molecule has 0 atom stereocenters. The van der Waals surface area contributed by atoms with Crippen LogP contribution in [0.15, 0.2) is 18.2 Å². The topological polar surface area (TPSA) is 116 Å². The van der Waals surface area contributed by atoms with Gasteiger partial charge in [0, 0.05) is 25.2 Å². The van der Waals surface area contributed by atoms with E-state index in [0.717, 1.165) is 31.7 Å². The molecule has 0 radical (unpaired) electrons. The highest BCUT2D eigenvalue weighted by molar-refractivity contribution is 5.67. The van der Waals surface area contributed by atoms with E-state index in [2.05, 4.69) is 0 Å². The number of rotatable bonds is 4. The minimum absolute atomic E-state index is 0.171. The van der Waals surface area contributed by atoms with Crippen molar-refractivity contribution in [3.63, 3.8) is 0 Å². The average Bonchev–Trinajstić information content (AvgIpc) is 2.46. The highest BCUT2D eigenvalue weighted by Crippen LogP contribution is 2.34. The van der Waals surface area contributed by atoms with Crippen molar-refractivity contribution in [3.05, 3.63) is 38.4 Å². The molecule has 0 heterocycles. The van der Waals surface area contributed by atoms with E-state index >= 15 is 0 Å². The molecular formula is C13H18N4O4. The second kappa shape index (κ2) is 6.04. The zero-order chi connectivity index (χ0) is 15.6. The van der Waals surface area contributed by atoms with Gasteiger partial charge in [-0.25, -0.2) is 0 Å². The fourth-order valence-corrected chi connectivity index (χ4v) is 2.76. The minimum Gasteiger partial charge on any atom is -0.366 e. The molecule has 1 fully saturated rings. The molecule has 2 N–H and O–H groups in total. The van der Waals surface area contributed by atoms with Crippen molar-refractivity contribution in [2.45, 2.75) is 37.8 Å². The number of nitro groups is 2. The highest BCUT2D eigenvalue weighted by atomic mass is 16.6. The molecule has 8 nitrogen and oxygen atoms in total. The van der Waals surface area contributed by atoms with Gasteiger partial charge in [-0.05, 0) is 31.7 Å². The van der Waals surface area contributed by atoms with Crippen molar-refractivity contribution in [3.8, 4) is 0 Å². The average molecular weight is 294 g/mol. The van der Waals surface area contributed by atoms with Gasteiger partial charge in [-0.15, -0.1) is 0 Å². The number of benzene rings is 1. The summed E-state index contributed by atoms with van der Waals surface area (Å²) in [6.07, 6.45) is 3.50. The molecule has 1 aromatic rings. The lowest BCUT2D eigenvalue weighted by molar-refractivity contribution is -0.393. The van der Waals surface area contributed by atoms with Crippen LogP contribution in [0.2, 0.25) is 0 Å². The van der Waals surface area contributed by atoms with Crippen molar-refractivity contribution in [2.24, 2.45) is 5.73 Å². The molecule has 1 saturated carbocycles. The fourth-order valence-electron chi connectivity index (χ4n) is 2.76. The molecule has 1 aromatic carbocycles. The summed E-state index contributed by atoms with van der Waals surface area (Å²) in [5.41, 5.74) is 5.77. The standard InChI is InChI=1S/C13H18N4O4/c1-15(10-4-2-9(14)3-5-10)12-7-6-11(16(18)19)8-13(12)17(20)21/h6-10H,2-5,14H2,1H3. The predicted molar refractivity (Wildman–Crippen MR) is 78.4 cm³/mol. The summed E-state index contributed by atoms with van der Waals surface area (Å²) < 4.78 is 0. The molecule has 114 valence electrons. The number of nitrogens with zero attached hydrogens (tertiary/aromatic N) is 3. The van der Waals surface area contributed by atoms with E-state index in [1.165, 1.54) is 12.1 Å². The van der Waals surface area contributed by atoms with Gasteiger partial charge in [0.15, 0.2) is 0 Å². The normalized spacial score (nSPS) is 21.8. The van der Waals surface area contributed by atoms with Crippen LogP contribution in [0.3, 0.4) is 0 Å². The van der Waals surface area contributed by atoms with Crippen molar-refractivity contribution in [2.75, 3.05) is 11.9 Å². The first kappa shape index (κ1) is 15.2. The smallest absolute Gasteiger partial charge is 0.299 e. The Morgan fingerprint density at radius 1 is 1.14 bits per heavy atom. The summed E-state index contributed by atoms with van der Waals surface area (Å²) in [5.74, 6) is 0. The van der Waals surface area contributed by atoms with Crippen LogP contribution in [0.4, 0.5) is 17.1 Å².